The highest BCUT2D eigenvalue weighted by atomic mass is 32.1. The van der Waals surface area contributed by atoms with Crippen molar-refractivity contribution >= 4 is 44.0 Å². The molecule has 1 aromatic heterocycles. The summed E-state index contributed by atoms with van der Waals surface area (Å²) in [5.41, 5.74) is 4.61. The molecule has 0 atom stereocenters. The number of thiazole rings is 1. The maximum Gasteiger partial charge on any atom is 0.293 e. The van der Waals surface area contributed by atoms with E-state index in [-0.39, 0.29) is 17.2 Å². The van der Waals surface area contributed by atoms with Gasteiger partial charge in [-0.15, -0.1) is 0 Å². The number of morpholine rings is 1. The van der Waals surface area contributed by atoms with Gasteiger partial charge in [-0.3, -0.25) is 19.8 Å². The van der Waals surface area contributed by atoms with Crippen LogP contribution in [0.4, 0.5) is 16.5 Å². The van der Waals surface area contributed by atoms with Gasteiger partial charge in [-0.25, -0.2) is 4.98 Å². The summed E-state index contributed by atoms with van der Waals surface area (Å²) in [6.45, 7) is 6.50. The standard InChI is InChI=1S/C27H26N4O4S/c1-18-8-9-19(2)25-24(18)28-27(36-25)30(17-20-6-4-3-5-7-20)26(32)21-10-11-22(23(16-21)31(33)34)29-12-14-35-15-13-29/h3-11,16H,12-15,17H2,1-2H3. The molecule has 3 aromatic carbocycles. The number of ether oxygens (including phenoxy) is 1. The van der Waals surface area contributed by atoms with E-state index in [1.807, 2.05) is 55.1 Å². The number of fused-ring (bicyclic) bond motifs is 1. The number of hydrogen-bond donors (Lipinski definition) is 0. The second kappa shape index (κ2) is 10.0. The molecule has 0 unspecified atom stereocenters. The fraction of sp³-hybridized carbons (Fsp3) is 0.259. The highest BCUT2D eigenvalue weighted by Gasteiger charge is 2.27. The van der Waals surface area contributed by atoms with E-state index < -0.39 is 4.92 Å². The van der Waals surface area contributed by atoms with E-state index in [4.69, 9.17) is 9.72 Å². The zero-order valence-corrected chi connectivity index (χ0v) is 21.0. The number of rotatable bonds is 6. The monoisotopic (exact) mass is 502 g/mol. The topological polar surface area (TPSA) is 88.8 Å². The molecule has 0 radical (unpaired) electrons. The SMILES string of the molecule is Cc1ccc(C)c2sc(N(Cc3ccccc3)C(=O)c3ccc(N4CCOCC4)c([N+](=O)[O-])c3)nc12. The molecule has 1 fully saturated rings. The third-order valence-electron chi connectivity index (χ3n) is 6.36. The van der Waals surface area contributed by atoms with Crippen LogP contribution in [-0.4, -0.2) is 42.1 Å². The van der Waals surface area contributed by atoms with Crippen molar-refractivity contribution in [3.8, 4) is 0 Å². The Hall–Kier alpha value is -3.82. The molecule has 9 heteroatoms. The molecule has 0 bridgehead atoms. The fourth-order valence-corrected chi connectivity index (χ4v) is 5.50. The number of aromatic nitrogens is 1. The van der Waals surface area contributed by atoms with Gasteiger partial charge in [0.15, 0.2) is 5.13 Å². The van der Waals surface area contributed by atoms with Gasteiger partial charge in [-0.2, -0.15) is 0 Å². The first-order valence-electron chi connectivity index (χ1n) is 11.8. The highest BCUT2D eigenvalue weighted by Crippen LogP contribution is 2.36. The maximum absolute atomic E-state index is 13.9. The summed E-state index contributed by atoms with van der Waals surface area (Å²) < 4.78 is 6.42. The van der Waals surface area contributed by atoms with E-state index in [1.54, 1.807) is 17.0 Å². The van der Waals surface area contributed by atoms with Crippen molar-refractivity contribution in [2.75, 3.05) is 36.1 Å². The Labute approximate surface area is 212 Å². The molecule has 1 aliphatic rings. The number of carbonyl (C=O) groups excluding carboxylic acids is 1. The Balaban J connectivity index is 1.57. The summed E-state index contributed by atoms with van der Waals surface area (Å²) in [4.78, 5) is 33.8. The molecular formula is C27H26N4O4S. The zero-order chi connectivity index (χ0) is 25.2. The minimum atomic E-state index is -0.423. The molecule has 36 heavy (non-hydrogen) atoms. The van der Waals surface area contributed by atoms with E-state index in [2.05, 4.69) is 6.07 Å². The lowest BCUT2D eigenvalue weighted by atomic mass is 10.1. The second-order valence-electron chi connectivity index (χ2n) is 8.81. The summed E-state index contributed by atoms with van der Waals surface area (Å²) in [5.74, 6) is -0.329. The van der Waals surface area contributed by atoms with Crippen LogP contribution in [0.3, 0.4) is 0 Å². The number of amides is 1. The minimum Gasteiger partial charge on any atom is -0.378 e. The Morgan fingerprint density at radius 2 is 1.81 bits per heavy atom. The molecule has 8 nitrogen and oxygen atoms in total. The zero-order valence-electron chi connectivity index (χ0n) is 20.1. The van der Waals surface area contributed by atoms with Gasteiger partial charge in [0.2, 0.25) is 0 Å². The van der Waals surface area contributed by atoms with Gasteiger partial charge in [0.05, 0.1) is 34.9 Å². The number of hydrogen-bond acceptors (Lipinski definition) is 7. The Morgan fingerprint density at radius 1 is 1.08 bits per heavy atom. The van der Waals surface area contributed by atoms with Crippen molar-refractivity contribution in [3.63, 3.8) is 0 Å². The lowest BCUT2D eigenvalue weighted by Gasteiger charge is -2.28. The third-order valence-corrected chi connectivity index (χ3v) is 7.57. The predicted molar refractivity (Wildman–Crippen MR) is 142 cm³/mol. The van der Waals surface area contributed by atoms with Gasteiger partial charge in [0.25, 0.3) is 11.6 Å². The molecule has 0 saturated carbocycles. The smallest absolute Gasteiger partial charge is 0.293 e. The number of nitro benzene ring substituents is 1. The molecule has 1 amide bonds. The van der Waals surface area contributed by atoms with Gasteiger partial charge in [0, 0.05) is 24.7 Å². The summed E-state index contributed by atoms with van der Waals surface area (Å²) in [5, 5.41) is 12.5. The van der Waals surface area contributed by atoms with Crippen LogP contribution in [-0.2, 0) is 11.3 Å². The first kappa shape index (κ1) is 23.9. The van der Waals surface area contributed by atoms with Crippen LogP contribution in [0.15, 0.2) is 60.7 Å². The normalized spacial score (nSPS) is 13.7. The second-order valence-corrected chi connectivity index (χ2v) is 9.79. The van der Waals surface area contributed by atoms with Crippen molar-refractivity contribution < 1.29 is 14.5 Å². The third kappa shape index (κ3) is 4.67. The molecule has 4 aromatic rings. The molecule has 2 heterocycles. The first-order chi connectivity index (χ1) is 17.4. The fourth-order valence-electron chi connectivity index (χ4n) is 4.39. The Kier molecular flexibility index (Phi) is 6.67. The summed E-state index contributed by atoms with van der Waals surface area (Å²) >= 11 is 1.46. The van der Waals surface area contributed by atoms with E-state index in [0.717, 1.165) is 26.9 Å². The van der Waals surface area contributed by atoms with E-state index in [9.17, 15) is 14.9 Å². The van der Waals surface area contributed by atoms with Crippen molar-refractivity contribution in [2.45, 2.75) is 20.4 Å². The van der Waals surface area contributed by atoms with Crippen LogP contribution >= 0.6 is 11.3 Å². The molecule has 0 N–H and O–H groups in total. The number of benzene rings is 3. The Bertz CT molecular complexity index is 1390. The van der Waals surface area contributed by atoms with Crippen molar-refractivity contribution in [1.82, 2.24) is 4.98 Å². The van der Waals surface area contributed by atoms with Crippen LogP contribution in [0.1, 0.15) is 27.0 Å². The van der Waals surface area contributed by atoms with Gasteiger partial charge in [0.1, 0.15) is 5.69 Å². The van der Waals surface area contributed by atoms with Gasteiger partial charge >= 0.3 is 0 Å². The maximum atomic E-state index is 13.9. The van der Waals surface area contributed by atoms with E-state index >= 15 is 0 Å². The predicted octanol–water partition coefficient (Wildman–Crippen LogP) is 5.50. The minimum absolute atomic E-state index is 0.0848. The number of carbonyl (C=O) groups is 1. The highest BCUT2D eigenvalue weighted by molar-refractivity contribution is 7.22. The average Bonchev–Trinajstić information content (AvgIpc) is 3.36. The van der Waals surface area contributed by atoms with Crippen LogP contribution in [0.2, 0.25) is 0 Å². The van der Waals surface area contributed by atoms with Crippen LogP contribution in [0.25, 0.3) is 10.2 Å². The molecule has 184 valence electrons. The van der Waals surface area contributed by atoms with Crippen molar-refractivity contribution in [3.05, 3.63) is 93.0 Å². The first-order valence-corrected chi connectivity index (χ1v) is 12.6. The van der Waals surface area contributed by atoms with Gasteiger partial charge in [-0.1, -0.05) is 53.8 Å². The molecule has 5 rings (SSSR count). The number of nitro groups is 1. The number of aryl methyl sites for hydroxylation is 2. The van der Waals surface area contributed by atoms with E-state index in [0.29, 0.717) is 43.7 Å². The number of anilines is 2. The van der Waals surface area contributed by atoms with Crippen LogP contribution in [0, 0.1) is 24.0 Å². The van der Waals surface area contributed by atoms with Crippen LogP contribution < -0.4 is 9.80 Å². The lowest BCUT2D eigenvalue weighted by molar-refractivity contribution is -0.384. The summed E-state index contributed by atoms with van der Waals surface area (Å²) in [7, 11) is 0. The Morgan fingerprint density at radius 3 is 2.50 bits per heavy atom. The number of nitrogens with zero attached hydrogens (tertiary/aromatic N) is 4. The quantitative estimate of drug-likeness (QED) is 0.255. The molecule has 1 aliphatic heterocycles. The van der Waals surface area contributed by atoms with Crippen LogP contribution in [0.5, 0.6) is 0 Å². The summed E-state index contributed by atoms with van der Waals surface area (Å²) in [6, 6.07) is 18.5. The van der Waals surface area contributed by atoms with Crippen molar-refractivity contribution in [1.29, 1.82) is 0 Å². The van der Waals surface area contributed by atoms with Gasteiger partial charge in [-0.05, 0) is 42.7 Å². The largest absolute Gasteiger partial charge is 0.378 e. The van der Waals surface area contributed by atoms with E-state index in [1.165, 1.54) is 17.4 Å². The van der Waals surface area contributed by atoms with Gasteiger partial charge < -0.3 is 9.64 Å². The van der Waals surface area contributed by atoms with Crippen molar-refractivity contribution in [2.24, 2.45) is 0 Å². The molecule has 1 saturated heterocycles. The lowest BCUT2D eigenvalue weighted by Crippen LogP contribution is -2.36. The average molecular weight is 503 g/mol. The summed E-state index contributed by atoms with van der Waals surface area (Å²) in [6.07, 6.45) is 0. The molecular weight excluding hydrogens is 476 g/mol. The molecule has 0 aliphatic carbocycles. The molecule has 0 spiro atoms.